The predicted octanol–water partition coefficient (Wildman–Crippen LogP) is 1.81. The van der Waals surface area contributed by atoms with Gasteiger partial charge in [-0.2, -0.15) is 0 Å². The number of ketones is 1. The summed E-state index contributed by atoms with van der Waals surface area (Å²) in [5.74, 6) is 0.315. The van der Waals surface area contributed by atoms with Gasteiger partial charge in [0.2, 0.25) is 15.9 Å². The van der Waals surface area contributed by atoms with Crippen molar-refractivity contribution in [2.75, 3.05) is 13.6 Å². The molecule has 2 rings (SSSR count). The van der Waals surface area contributed by atoms with Crippen molar-refractivity contribution >= 4 is 21.7 Å². The van der Waals surface area contributed by atoms with E-state index in [1.807, 2.05) is 0 Å². The molecular formula is C17H20N2O5S. The number of hydrogen-bond donors (Lipinski definition) is 1. The molecule has 8 heteroatoms. The number of furan rings is 1. The highest BCUT2D eigenvalue weighted by atomic mass is 32.2. The van der Waals surface area contributed by atoms with Crippen molar-refractivity contribution < 1.29 is 22.4 Å². The van der Waals surface area contributed by atoms with E-state index < -0.39 is 10.0 Å². The van der Waals surface area contributed by atoms with Crippen LogP contribution in [0.2, 0.25) is 0 Å². The lowest BCUT2D eigenvalue weighted by Gasteiger charge is -2.16. The summed E-state index contributed by atoms with van der Waals surface area (Å²) in [4.78, 5) is 24.8. The first-order valence-electron chi connectivity index (χ1n) is 7.66. The van der Waals surface area contributed by atoms with E-state index in [1.54, 1.807) is 19.2 Å². The smallest absolute Gasteiger partial charge is 0.240 e. The fraction of sp³-hybridized carbons (Fsp3) is 0.294. The summed E-state index contributed by atoms with van der Waals surface area (Å²) in [6, 6.07) is 9.14. The number of nitrogens with one attached hydrogen (secondary N) is 1. The summed E-state index contributed by atoms with van der Waals surface area (Å²) >= 11 is 0. The number of sulfonamides is 1. The number of carbonyl (C=O) groups is 2. The molecule has 1 aromatic carbocycles. The number of benzene rings is 1. The SMILES string of the molecule is CC(=O)c1ccc(S(=O)(=O)NCCC(=O)N(C)Cc2ccco2)cc1. The van der Waals surface area contributed by atoms with E-state index in [1.165, 1.54) is 42.4 Å². The van der Waals surface area contributed by atoms with Crippen LogP contribution in [0.4, 0.5) is 0 Å². The van der Waals surface area contributed by atoms with Crippen molar-refractivity contribution in [1.82, 2.24) is 9.62 Å². The first kappa shape index (κ1) is 18.9. The summed E-state index contributed by atoms with van der Waals surface area (Å²) in [7, 11) is -2.10. The summed E-state index contributed by atoms with van der Waals surface area (Å²) in [5, 5.41) is 0. The molecule has 0 atom stereocenters. The van der Waals surface area contributed by atoms with Crippen molar-refractivity contribution in [3.63, 3.8) is 0 Å². The molecule has 0 radical (unpaired) electrons. The van der Waals surface area contributed by atoms with Crippen LogP contribution in [-0.2, 0) is 21.4 Å². The van der Waals surface area contributed by atoms with E-state index in [0.29, 0.717) is 17.9 Å². The summed E-state index contributed by atoms with van der Waals surface area (Å²) in [5.41, 5.74) is 0.439. The molecule has 0 saturated carbocycles. The molecule has 0 saturated heterocycles. The Kier molecular flexibility index (Phi) is 6.11. The second-order valence-corrected chi connectivity index (χ2v) is 7.32. The Morgan fingerprint density at radius 1 is 1.16 bits per heavy atom. The van der Waals surface area contributed by atoms with Crippen LogP contribution in [0.3, 0.4) is 0 Å². The second kappa shape index (κ2) is 8.09. The lowest BCUT2D eigenvalue weighted by molar-refractivity contribution is -0.130. The highest BCUT2D eigenvalue weighted by Gasteiger charge is 2.16. The van der Waals surface area contributed by atoms with E-state index in [4.69, 9.17) is 4.42 Å². The zero-order valence-corrected chi connectivity index (χ0v) is 14.9. The molecule has 0 bridgehead atoms. The van der Waals surface area contributed by atoms with Gasteiger partial charge in [-0.1, -0.05) is 12.1 Å². The lowest BCUT2D eigenvalue weighted by Crippen LogP contribution is -2.31. The highest BCUT2D eigenvalue weighted by Crippen LogP contribution is 2.11. The maximum atomic E-state index is 12.2. The molecule has 25 heavy (non-hydrogen) atoms. The van der Waals surface area contributed by atoms with Crippen LogP contribution in [0.25, 0.3) is 0 Å². The minimum absolute atomic E-state index is 0.0158. The molecule has 0 spiro atoms. The Morgan fingerprint density at radius 2 is 1.84 bits per heavy atom. The molecule has 0 aliphatic rings. The Morgan fingerprint density at radius 3 is 2.40 bits per heavy atom. The van der Waals surface area contributed by atoms with Crippen LogP contribution < -0.4 is 4.72 Å². The lowest BCUT2D eigenvalue weighted by atomic mass is 10.2. The third kappa shape index (κ3) is 5.27. The van der Waals surface area contributed by atoms with E-state index in [9.17, 15) is 18.0 Å². The molecule has 1 heterocycles. The number of rotatable bonds is 8. The van der Waals surface area contributed by atoms with Crippen LogP contribution in [0.15, 0.2) is 52.0 Å². The molecule has 0 aliphatic carbocycles. The Balaban J connectivity index is 1.86. The molecule has 0 aliphatic heterocycles. The third-order valence-electron chi connectivity index (χ3n) is 3.60. The summed E-state index contributed by atoms with van der Waals surface area (Å²) in [6.45, 7) is 1.72. The fourth-order valence-corrected chi connectivity index (χ4v) is 3.19. The maximum Gasteiger partial charge on any atom is 0.240 e. The van der Waals surface area contributed by atoms with Crippen LogP contribution in [0.1, 0.15) is 29.5 Å². The van der Waals surface area contributed by atoms with Crippen LogP contribution in [0, 0.1) is 0 Å². The topological polar surface area (TPSA) is 96.7 Å². The van der Waals surface area contributed by atoms with Gasteiger partial charge in [-0.15, -0.1) is 0 Å². The standard InChI is InChI=1S/C17H20N2O5S/c1-13(20)14-5-7-16(8-6-14)25(22,23)18-10-9-17(21)19(2)12-15-4-3-11-24-15/h3-8,11,18H,9-10,12H2,1-2H3. The maximum absolute atomic E-state index is 12.2. The van der Waals surface area contributed by atoms with Crippen molar-refractivity contribution in [2.45, 2.75) is 24.8 Å². The number of hydrogen-bond acceptors (Lipinski definition) is 5. The minimum atomic E-state index is -3.72. The molecular weight excluding hydrogens is 344 g/mol. The number of amides is 1. The molecule has 0 fully saturated rings. The minimum Gasteiger partial charge on any atom is -0.467 e. The van der Waals surface area contributed by atoms with E-state index in [2.05, 4.69) is 4.72 Å². The molecule has 7 nitrogen and oxygen atoms in total. The van der Waals surface area contributed by atoms with Crippen molar-refractivity contribution in [3.8, 4) is 0 Å². The van der Waals surface area contributed by atoms with Gasteiger partial charge < -0.3 is 9.32 Å². The van der Waals surface area contributed by atoms with Gasteiger partial charge in [-0.3, -0.25) is 9.59 Å². The highest BCUT2D eigenvalue weighted by molar-refractivity contribution is 7.89. The van der Waals surface area contributed by atoms with Crippen molar-refractivity contribution in [1.29, 1.82) is 0 Å². The van der Waals surface area contributed by atoms with Gasteiger partial charge in [0.05, 0.1) is 17.7 Å². The number of carbonyl (C=O) groups excluding carboxylic acids is 2. The van der Waals surface area contributed by atoms with Gasteiger partial charge in [-0.25, -0.2) is 13.1 Å². The van der Waals surface area contributed by atoms with Crippen molar-refractivity contribution in [2.24, 2.45) is 0 Å². The van der Waals surface area contributed by atoms with E-state index >= 15 is 0 Å². The monoisotopic (exact) mass is 364 g/mol. The first-order valence-corrected chi connectivity index (χ1v) is 9.15. The summed E-state index contributed by atoms with van der Waals surface area (Å²) < 4.78 is 31.9. The molecule has 0 unspecified atom stereocenters. The normalized spacial score (nSPS) is 11.3. The Bertz CT molecular complexity index is 826. The first-order chi connectivity index (χ1) is 11.8. The van der Waals surface area contributed by atoms with Gasteiger partial charge in [-0.05, 0) is 31.2 Å². The van der Waals surface area contributed by atoms with Gasteiger partial charge in [0.25, 0.3) is 0 Å². The quantitative estimate of drug-likeness (QED) is 0.721. The van der Waals surface area contributed by atoms with E-state index in [-0.39, 0.29) is 29.6 Å². The van der Waals surface area contributed by atoms with Crippen LogP contribution in [0.5, 0.6) is 0 Å². The average molecular weight is 364 g/mol. The number of nitrogens with zero attached hydrogens (tertiary/aromatic N) is 1. The van der Waals surface area contributed by atoms with Gasteiger partial charge in [0.15, 0.2) is 5.78 Å². The third-order valence-corrected chi connectivity index (χ3v) is 5.08. The zero-order chi connectivity index (χ0) is 18.4. The Labute approximate surface area is 146 Å². The zero-order valence-electron chi connectivity index (χ0n) is 14.1. The van der Waals surface area contributed by atoms with Crippen LogP contribution in [-0.4, -0.2) is 38.6 Å². The van der Waals surface area contributed by atoms with Gasteiger partial charge in [0, 0.05) is 25.6 Å². The van der Waals surface area contributed by atoms with Gasteiger partial charge in [0.1, 0.15) is 5.76 Å². The van der Waals surface area contributed by atoms with E-state index in [0.717, 1.165) is 0 Å². The molecule has 1 amide bonds. The second-order valence-electron chi connectivity index (χ2n) is 5.56. The van der Waals surface area contributed by atoms with Crippen LogP contribution >= 0.6 is 0 Å². The molecule has 134 valence electrons. The largest absolute Gasteiger partial charge is 0.467 e. The Hall–Kier alpha value is -2.45. The molecule has 1 N–H and O–H groups in total. The molecule has 2 aromatic rings. The average Bonchev–Trinajstić information content (AvgIpc) is 3.07. The van der Waals surface area contributed by atoms with Gasteiger partial charge >= 0.3 is 0 Å². The summed E-state index contributed by atoms with van der Waals surface area (Å²) in [6.07, 6.45) is 1.56. The van der Waals surface area contributed by atoms with Crippen molar-refractivity contribution in [3.05, 3.63) is 54.0 Å². The number of Topliss-reactive ketones (excluding diaryl/α,β-unsaturated/α-hetero) is 1. The predicted molar refractivity (Wildman–Crippen MR) is 91.4 cm³/mol. The molecule has 1 aromatic heterocycles. The fourth-order valence-electron chi connectivity index (χ4n) is 2.16.